The van der Waals surface area contributed by atoms with Crippen LogP contribution < -0.4 is 0 Å². The molecular weight excluding hydrogens is 220 g/mol. The summed E-state index contributed by atoms with van der Waals surface area (Å²) in [6.45, 7) is 8.32. The van der Waals surface area contributed by atoms with Crippen LogP contribution in [0.25, 0.3) is 0 Å². The van der Waals surface area contributed by atoms with Crippen molar-refractivity contribution < 1.29 is 4.79 Å². The zero-order valence-electron chi connectivity index (χ0n) is 10.7. The van der Waals surface area contributed by atoms with E-state index in [1.807, 2.05) is 18.9 Å². The van der Waals surface area contributed by atoms with Crippen molar-refractivity contribution in [1.29, 1.82) is 0 Å². The smallest absolute Gasteiger partial charge is 0.265 e. The summed E-state index contributed by atoms with van der Waals surface area (Å²) in [5.41, 5.74) is 2.56. The van der Waals surface area contributed by atoms with E-state index in [-0.39, 0.29) is 11.9 Å². The molecule has 0 saturated carbocycles. The summed E-state index contributed by atoms with van der Waals surface area (Å²) in [6, 6.07) is 0.272. The van der Waals surface area contributed by atoms with Gasteiger partial charge in [-0.2, -0.15) is 0 Å². The molecule has 3 nitrogen and oxygen atoms in total. The van der Waals surface area contributed by atoms with Gasteiger partial charge in [-0.25, -0.2) is 4.98 Å². The van der Waals surface area contributed by atoms with Gasteiger partial charge in [0.2, 0.25) is 0 Å². The van der Waals surface area contributed by atoms with Gasteiger partial charge in [0.05, 0.1) is 11.2 Å². The van der Waals surface area contributed by atoms with Gasteiger partial charge in [-0.3, -0.25) is 4.79 Å². The highest BCUT2D eigenvalue weighted by molar-refractivity contribution is 7.11. The number of aryl methyl sites for hydroxylation is 1. The van der Waals surface area contributed by atoms with Crippen LogP contribution in [0.3, 0.4) is 0 Å². The highest BCUT2D eigenvalue weighted by Crippen LogP contribution is 2.18. The maximum Gasteiger partial charge on any atom is 0.265 e. The minimum Gasteiger partial charge on any atom is -0.338 e. The number of nitrogens with zero attached hydrogens (tertiary/aromatic N) is 2. The molecule has 0 aliphatic heterocycles. The topological polar surface area (TPSA) is 33.2 Å². The number of hydrogen-bond donors (Lipinski definition) is 0. The second-order valence-corrected chi connectivity index (χ2v) is 5.52. The molecule has 0 aliphatic rings. The van der Waals surface area contributed by atoms with Crippen LogP contribution in [-0.4, -0.2) is 28.9 Å². The lowest BCUT2D eigenvalue weighted by Gasteiger charge is -2.26. The Labute approximate surface area is 101 Å². The van der Waals surface area contributed by atoms with Crippen LogP contribution in [0.1, 0.15) is 42.6 Å². The van der Waals surface area contributed by atoms with E-state index in [0.29, 0.717) is 5.92 Å². The molecule has 0 aliphatic carbocycles. The molecule has 0 aromatic carbocycles. The Kier molecular flexibility index (Phi) is 4.47. The fourth-order valence-electron chi connectivity index (χ4n) is 1.71. The van der Waals surface area contributed by atoms with Crippen LogP contribution in [0.4, 0.5) is 0 Å². The second kappa shape index (κ2) is 5.43. The van der Waals surface area contributed by atoms with Crippen molar-refractivity contribution in [3.63, 3.8) is 0 Å². The number of rotatable bonds is 4. The van der Waals surface area contributed by atoms with E-state index in [2.05, 4.69) is 25.8 Å². The zero-order chi connectivity index (χ0) is 12.3. The van der Waals surface area contributed by atoms with Crippen molar-refractivity contribution in [3.05, 3.63) is 16.1 Å². The Hall–Kier alpha value is -0.900. The third kappa shape index (κ3) is 3.04. The first-order valence-corrected chi connectivity index (χ1v) is 6.48. The molecular formula is C12H20N2OS. The van der Waals surface area contributed by atoms with E-state index >= 15 is 0 Å². The van der Waals surface area contributed by atoms with E-state index in [1.165, 1.54) is 11.3 Å². The minimum absolute atomic E-state index is 0.0909. The lowest BCUT2D eigenvalue weighted by molar-refractivity contribution is 0.0732. The summed E-state index contributed by atoms with van der Waals surface area (Å²) in [7, 11) is 1.87. The molecule has 4 heteroatoms. The summed E-state index contributed by atoms with van der Waals surface area (Å²) in [5, 5.41) is 0. The van der Waals surface area contributed by atoms with E-state index < -0.39 is 0 Å². The van der Waals surface area contributed by atoms with Crippen LogP contribution in [0.15, 0.2) is 5.51 Å². The SMILES string of the molecule is Cc1ncsc1C(=O)N(C)[C@H](C)CC(C)C. The minimum atomic E-state index is 0.0909. The van der Waals surface area contributed by atoms with Gasteiger partial charge in [-0.1, -0.05) is 13.8 Å². The Morgan fingerprint density at radius 2 is 2.12 bits per heavy atom. The lowest BCUT2D eigenvalue weighted by Crippen LogP contribution is -2.35. The molecule has 0 saturated heterocycles. The Morgan fingerprint density at radius 3 is 2.56 bits per heavy atom. The summed E-state index contributed by atoms with van der Waals surface area (Å²) >= 11 is 1.42. The first kappa shape index (κ1) is 13.2. The normalized spacial score (nSPS) is 12.9. The summed E-state index contributed by atoms with van der Waals surface area (Å²) < 4.78 is 0. The fourth-order valence-corrected chi connectivity index (χ4v) is 2.49. The molecule has 0 radical (unpaired) electrons. The number of amides is 1. The summed E-state index contributed by atoms with van der Waals surface area (Å²) in [4.78, 5) is 18.8. The van der Waals surface area contributed by atoms with Crippen molar-refractivity contribution in [2.75, 3.05) is 7.05 Å². The highest BCUT2D eigenvalue weighted by atomic mass is 32.1. The van der Waals surface area contributed by atoms with Crippen LogP contribution in [0, 0.1) is 12.8 Å². The second-order valence-electron chi connectivity index (χ2n) is 4.66. The van der Waals surface area contributed by atoms with Gasteiger partial charge < -0.3 is 4.90 Å². The van der Waals surface area contributed by atoms with Crippen molar-refractivity contribution in [3.8, 4) is 0 Å². The number of carbonyl (C=O) groups excluding carboxylic acids is 1. The molecule has 0 spiro atoms. The molecule has 1 rings (SSSR count). The molecule has 90 valence electrons. The average Bonchev–Trinajstić information content (AvgIpc) is 2.61. The standard InChI is InChI=1S/C12H20N2OS/c1-8(2)6-9(3)14(5)12(15)11-10(4)13-7-16-11/h7-9H,6H2,1-5H3/t9-/m1/s1. The maximum absolute atomic E-state index is 12.1. The Bertz CT molecular complexity index is 360. The van der Waals surface area contributed by atoms with Crippen molar-refractivity contribution >= 4 is 17.2 Å². The first-order valence-electron chi connectivity index (χ1n) is 5.60. The van der Waals surface area contributed by atoms with Gasteiger partial charge in [0, 0.05) is 13.1 Å². The van der Waals surface area contributed by atoms with Gasteiger partial charge in [-0.15, -0.1) is 11.3 Å². The van der Waals surface area contributed by atoms with E-state index in [9.17, 15) is 4.79 Å². The molecule has 0 bridgehead atoms. The van der Waals surface area contributed by atoms with Crippen molar-refractivity contribution in [2.24, 2.45) is 5.92 Å². The number of hydrogen-bond acceptors (Lipinski definition) is 3. The number of carbonyl (C=O) groups is 1. The quantitative estimate of drug-likeness (QED) is 0.810. The number of aromatic nitrogens is 1. The van der Waals surface area contributed by atoms with Gasteiger partial charge in [0.25, 0.3) is 5.91 Å². The van der Waals surface area contributed by atoms with Gasteiger partial charge in [0.1, 0.15) is 4.88 Å². The zero-order valence-corrected chi connectivity index (χ0v) is 11.5. The highest BCUT2D eigenvalue weighted by Gasteiger charge is 2.21. The molecule has 1 atom stereocenters. The predicted octanol–water partition coefficient (Wildman–Crippen LogP) is 2.96. The molecule has 0 fully saturated rings. The third-order valence-electron chi connectivity index (χ3n) is 2.73. The Balaban J connectivity index is 2.71. The van der Waals surface area contributed by atoms with Crippen LogP contribution >= 0.6 is 11.3 Å². The first-order chi connectivity index (χ1) is 7.43. The van der Waals surface area contributed by atoms with E-state index in [0.717, 1.165) is 17.0 Å². The Morgan fingerprint density at radius 1 is 1.50 bits per heavy atom. The van der Waals surface area contributed by atoms with Crippen LogP contribution in [-0.2, 0) is 0 Å². The molecule has 1 amide bonds. The van der Waals surface area contributed by atoms with Crippen molar-refractivity contribution in [2.45, 2.75) is 40.2 Å². The van der Waals surface area contributed by atoms with E-state index in [1.54, 1.807) is 5.51 Å². The molecule has 1 aromatic rings. The summed E-state index contributed by atoms with van der Waals surface area (Å²) in [6.07, 6.45) is 1.03. The van der Waals surface area contributed by atoms with Gasteiger partial charge >= 0.3 is 0 Å². The average molecular weight is 240 g/mol. The molecule has 1 aromatic heterocycles. The summed E-state index contributed by atoms with van der Waals surface area (Å²) in [5.74, 6) is 0.695. The van der Waals surface area contributed by atoms with Crippen molar-refractivity contribution in [1.82, 2.24) is 9.88 Å². The maximum atomic E-state index is 12.1. The van der Waals surface area contributed by atoms with E-state index in [4.69, 9.17) is 0 Å². The van der Waals surface area contributed by atoms with Gasteiger partial charge in [0.15, 0.2) is 0 Å². The predicted molar refractivity (Wildman–Crippen MR) is 67.9 cm³/mol. The number of thiazole rings is 1. The molecule has 0 unspecified atom stereocenters. The van der Waals surface area contributed by atoms with Crippen LogP contribution in [0.5, 0.6) is 0 Å². The monoisotopic (exact) mass is 240 g/mol. The lowest BCUT2D eigenvalue weighted by atomic mass is 10.0. The molecule has 16 heavy (non-hydrogen) atoms. The largest absolute Gasteiger partial charge is 0.338 e. The van der Waals surface area contributed by atoms with Crippen LogP contribution in [0.2, 0.25) is 0 Å². The van der Waals surface area contributed by atoms with Gasteiger partial charge in [-0.05, 0) is 26.2 Å². The molecule has 0 N–H and O–H groups in total. The third-order valence-corrected chi connectivity index (χ3v) is 3.65. The molecule has 1 heterocycles. The fraction of sp³-hybridized carbons (Fsp3) is 0.667.